The Kier molecular flexibility index (Phi) is 5.58. The number of hydrogen-bond donors (Lipinski definition) is 0. The summed E-state index contributed by atoms with van der Waals surface area (Å²) in [4.78, 5) is 7.82. The van der Waals surface area contributed by atoms with Crippen LogP contribution in [-0.2, 0) is 16.1 Å². The van der Waals surface area contributed by atoms with Crippen molar-refractivity contribution < 1.29 is 21.6 Å². The molecule has 0 saturated carbocycles. The first-order valence-corrected chi connectivity index (χ1v) is 8.86. The Labute approximate surface area is 142 Å². The Bertz CT molecular complexity index is 909. The maximum Gasteiger partial charge on any atom is 0.490 e. The van der Waals surface area contributed by atoms with Crippen molar-refractivity contribution in [2.75, 3.05) is 6.26 Å². The fourth-order valence-corrected chi connectivity index (χ4v) is 2.51. The van der Waals surface area contributed by atoms with Crippen LogP contribution in [0.1, 0.15) is 0 Å². The van der Waals surface area contributed by atoms with Crippen LogP contribution in [0.2, 0.25) is 0 Å². The molecule has 0 saturated heterocycles. The highest BCUT2D eigenvalue weighted by Gasteiger charge is 2.33. The molecule has 0 bridgehead atoms. The van der Waals surface area contributed by atoms with Gasteiger partial charge < -0.3 is 0 Å². The van der Waals surface area contributed by atoms with Gasteiger partial charge in [0.05, 0.1) is 4.90 Å². The smallest absolute Gasteiger partial charge is 0.253 e. The van der Waals surface area contributed by atoms with Crippen molar-refractivity contribution in [1.82, 2.24) is 14.5 Å². The van der Waals surface area contributed by atoms with Crippen LogP contribution in [0.15, 0.2) is 72.0 Å². The van der Waals surface area contributed by atoms with Crippen LogP contribution >= 0.6 is 0 Å². The minimum Gasteiger partial charge on any atom is -0.253 e. The quantitative estimate of drug-likeness (QED) is 0.693. The second-order valence-corrected chi connectivity index (χ2v) is 6.90. The molecule has 3 aromatic rings. The number of pyridine rings is 1. The molecule has 0 radical (unpaired) electrons. The lowest BCUT2D eigenvalue weighted by Crippen LogP contribution is -2.17. The molecule has 1 aromatic carbocycles. The molecule has 2 heterocycles. The van der Waals surface area contributed by atoms with Crippen LogP contribution in [0.25, 0.3) is 11.5 Å². The van der Waals surface area contributed by atoms with Crippen molar-refractivity contribution in [2.45, 2.75) is 11.2 Å². The lowest BCUT2D eigenvalue weighted by atomic mass is 10.3. The maximum absolute atomic E-state index is 12.5. The number of sulfone groups is 1. The molecule has 0 atom stereocenters. The van der Waals surface area contributed by atoms with E-state index in [-0.39, 0.29) is 16.1 Å². The predicted molar refractivity (Wildman–Crippen MR) is 86.3 cm³/mol. The molecule has 3 rings (SSSR count). The molecule has 0 aliphatic heterocycles. The van der Waals surface area contributed by atoms with Gasteiger partial charge in [-0.2, -0.15) is 0 Å². The maximum atomic E-state index is 12.5. The molecule has 0 N–H and O–H groups in total. The van der Waals surface area contributed by atoms with Gasteiger partial charge >= 0.3 is 6.30 Å². The first-order valence-electron chi connectivity index (χ1n) is 6.96. The molecule has 9 heteroatoms. The van der Waals surface area contributed by atoms with E-state index in [9.17, 15) is 21.6 Å². The van der Waals surface area contributed by atoms with E-state index in [0.717, 1.165) is 12.4 Å². The van der Waals surface area contributed by atoms with Crippen LogP contribution < -0.4 is 0 Å². The number of rotatable bonds is 2. The highest BCUT2D eigenvalue weighted by molar-refractivity contribution is 7.90. The monoisotopic (exact) mass is 369 g/mol. The number of hydrogen-bond acceptors (Lipinski definition) is 4. The van der Waals surface area contributed by atoms with E-state index in [4.69, 9.17) is 0 Å². The van der Waals surface area contributed by atoms with Crippen LogP contribution in [0.3, 0.4) is 0 Å². The van der Waals surface area contributed by atoms with E-state index in [1.54, 1.807) is 42.5 Å². The minimum absolute atomic E-state index is 0.134. The van der Waals surface area contributed by atoms with E-state index in [1.165, 1.54) is 18.5 Å². The zero-order chi connectivity index (χ0) is 18.5. The summed E-state index contributed by atoms with van der Waals surface area (Å²) in [6.07, 6.45) is 0.109. The van der Waals surface area contributed by atoms with Gasteiger partial charge in [0.2, 0.25) is 0 Å². The molecule has 132 valence electrons. The van der Waals surface area contributed by atoms with Crippen molar-refractivity contribution in [3.8, 4) is 11.5 Å². The van der Waals surface area contributed by atoms with E-state index < -0.39 is 16.1 Å². The van der Waals surface area contributed by atoms with Crippen molar-refractivity contribution in [3.63, 3.8) is 0 Å². The van der Waals surface area contributed by atoms with Crippen LogP contribution in [0, 0.1) is 0 Å². The number of alkyl halides is 3. The van der Waals surface area contributed by atoms with Gasteiger partial charge in [-0.3, -0.25) is 4.98 Å². The summed E-state index contributed by atoms with van der Waals surface area (Å²) in [6.45, 7) is 0. The molecule has 25 heavy (non-hydrogen) atoms. The summed E-state index contributed by atoms with van der Waals surface area (Å²) in [5, 5.41) is 0. The van der Waals surface area contributed by atoms with Crippen LogP contribution in [0.5, 0.6) is 0 Å². The fourth-order valence-electron chi connectivity index (χ4n) is 1.86. The Hall–Kier alpha value is -2.68. The van der Waals surface area contributed by atoms with Crippen molar-refractivity contribution >= 4 is 9.84 Å². The average Bonchev–Trinajstić information content (AvgIpc) is 3.06. The first-order chi connectivity index (χ1) is 11.7. The van der Waals surface area contributed by atoms with Gasteiger partial charge in [0.25, 0.3) is 0 Å². The van der Waals surface area contributed by atoms with Crippen LogP contribution in [0.4, 0.5) is 13.2 Å². The van der Waals surface area contributed by atoms with Gasteiger partial charge in [-0.15, -0.1) is 13.2 Å². The molecule has 0 spiro atoms. The van der Waals surface area contributed by atoms with Crippen molar-refractivity contribution in [2.24, 2.45) is 0 Å². The summed E-state index contributed by atoms with van der Waals surface area (Å²) in [7, 11) is -3.00. The third-order valence-electron chi connectivity index (χ3n) is 2.98. The lowest BCUT2D eigenvalue weighted by molar-refractivity contribution is -0.202. The van der Waals surface area contributed by atoms with Gasteiger partial charge in [-0.1, -0.05) is 24.3 Å². The first kappa shape index (κ1) is 18.7. The fraction of sp³-hybridized carbons (Fsp3) is 0.125. The zero-order valence-corrected chi connectivity index (χ0v) is 13.9. The van der Waals surface area contributed by atoms with Gasteiger partial charge in [-0.25, -0.2) is 18.0 Å². The Morgan fingerprint density at radius 3 is 2.04 bits per heavy atom. The number of halogens is 3. The third-order valence-corrected chi connectivity index (χ3v) is 4.11. The number of imidazole rings is 1. The van der Waals surface area contributed by atoms with E-state index in [1.807, 2.05) is 0 Å². The van der Waals surface area contributed by atoms with E-state index in [2.05, 4.69) is 9.97 Å². The van der Waals surface area contributed by atoms with Gasteiger partial charge in [0.15, 0.2) is 15.7 Å². The van der Waals surface area contributed by atoms with Gasteiger partial charge in [0, 0.05) is 24.8 Å². The molecule has 0 aliphatic carbocycles. The second-order valence-electron chi connectivity index (χ2n) is 4.89. The Balaban J connectivity index is 0.000000196. The molecule has 0 aliphatic rings. The van der Waals surface area contributed by atoms with Crippen LogP contribution in [-0.4, -0.2) is 29.2 Å². The second kappa shape index (κ2) is 7.47. The molecular weight excluding hydrogens is 355 g/mol. The SMILES string of the molecule is CS(=O)(=O)c1ccccc1.FC(F)(F)n1ccnc1-c1ccccn1. The highest BCUT2D eigenvalue weighted by atomic mass is 32.2. The lowest BCUT2D eigenvalue weighted by Gasteiger charge is -2.10. The third kappa shape index (κ3) is 5.15. The van der Waals surface area contributed by atoms with E-state index in [0.29, 0.717) is 4.90 Å². The Morgan fingerprint density at radius 1 is 0.920 bits per heavy atom. The molecular formula is C16H14F3N3O2S. The summed E-state index contributed by atoms with van der Waals surface area (Å²) in [6, 6.07) is 13.1. The predicted octanol–water partition coefficient (Wildman–Crippen LogP) is 3.51. The van der Waals surface area contributed by atoms with Crippen molar-refractivity contribution in [3.05, 3.63) is 67.1 Å². The largest absolute Gasteiger partial charge is 0.490 e. The molecule has 5 nitrogen and oxygen atoms in total. The number of benzene rings is 1. The summed E-state index contributed by atoms with van der Waals surface area (Å²) >= 11 is 0. The van der Waals surface area contributed by atoms with Crippen molar-refractivity contribution in [1.29, 1.82) is 0 Å². The number of nitrogens with zero attached hydrogens (tertiary/aromatic N) is 3. The molecule has 0 unspecified atom stereocenters. The van der Waals surface area contributed by atoms with Gasteiger partial charge in [-0.05, 0) is 24.3 Å². The highest BCUT2D eigenvalue weighted by Crippen LogP contribution is 2.27. The topological polar surface area (TPSA) is 64.8 Å². The number of aromatic nitrogens is 3. The normalized spacial score (nSPS) is 11.5. The molecule has 0 amide bonds. The molecule has 0 fully saturated rings. The standard InChI is InChI=1S/C9H6F3N3.C7H8O2S/c10-9(11,12)15-6-5-14-8(15)7-3-1-2-4-13-7;1-10(8,9)7-5-3-2-4-6-7/h1-6H;2-6H,1H3. The summed E-state index contributed by atoms with van der Waals surface area (Å²) in [5.74, 6) is -0.205. The molecule has 2 aromatic heterocycles. The summed E-state index contributed by atoms with van der Waals surface area (Å²) in [5.41, 5.74) is 0.194. The zero-order valence-electron chi connectivity index (χ0n) is 13.1. The summed E-state index contributed by atoms with van der Waals surface area (Å²) < 4.78 is 59.2. The minimum atomic E-state index is -4.47. The average molecular weight is 369 g/mol. The van der Waals surface area contributed by atoms with Gasteiger partial charge in [0.1, 0.15) is 5.69 Å². The van der Waals surface area contributed by atoms with E-state index >= 15 is 0 Å². The Morgan fingerprint density at radius 2 is 1.56 bits per heavy atom.